The van der Waals surface area contributed by atoms with E-state index in [4.69, 9.17) is 0 Å². The van der Waals surface area contributed by atoms with Gasteiger partial charge in [-0.25, -0.2) is 0 Å². The van der Waals surface area contributed by atoms with Gasteiger partial charge < -0.3 is 0 Å². The van der Waals surface area contributed by atoms with Crippen LogP contribution in [0.2, 0.25) is 0 Å². The van der Waals surface area contributed by atoms with Gasteiger partial charge in [0, 0.05) is 11.5 Å². The Hall–Kier alpha value is -2.40. The van der Waals surface area contributed by atoms with Gasteiger partial charge in [0.2, 0.25) is 5.91 Å². The molecule has 0 radical (unpaired) electrons. The van der Waals surface area contributed by atoms with E-state index in [2.05, 4.69) is 17.4 Å². The summed E-state index contributed by atoms with van der Waals surface area (Å²) in [6, 6.07) is 16.0. The van der Waals surface area contributed by atoms with Gasteiger partial charge in [0.15, 0.2) is 5.78 Å². The Labute approximate surface area is 156 Å². The van der Waals surface area contributed by atoms with Crippen LogP contribution in [0.5, 0.6) is 0 Å². The van der Waals surface area contributed by atoms with E-state index in [1.54, 1.807) is 0 Å². The Balaban J connectivity index is 1.49. The molecule has 1 saturated heterocycles. The number of carbonyl (C=O) groups excluding carboxylic acids is 3. The topological polar surface area (TPSA) is 63.2 Å². The van der Waals surface area contributed by atoms with Crippen LogP contribution in [0.15, 0.2) is 48.5 Å². The molecule has 2 atom stereocenters. The highest BCUT2D eigenvalue weighted by molar-refractivity contribution is 8.15. The maximum atomic E-state index is 12.9. The summed E-state index contributed by atoms with van der Waals surface area (Å²) in [5, 5.41) is 1.67. The zero-order valence-electron chi connectivity index (χ0n) is 14.2. The number of rotatable bonds is 4. The second-order valence-corrected chi connectivity index (χ2v) is 8.04. The molecule has 26 heavy (non-hydrogen) atoms. The highest BCUT2D eigenvalue weighted by Gasteiger charge is 2.32. The van der Waals surface area contributed by atoms with E-state index in [1.165, 1.54) is 5.56 Å². The van der Waals surface area contributed by atoms with E-state index in [0.29, 0.717) is 6.42 Å². The molecule has 2 aromatic rings. The number of Topliss-reactive ketones (excluding diaryl/α,β-unsaturated/α-hetero) is 1. The monoisotopic (exact) mass is 365 g/mol. The van der Waals surface area contributed by atoms with E-state index in [1.807, 2.05) is 36.4 Å². The molecule has 1 N–H and O–H groups in total. The van der Waals surface area contributed by atoms with Crippen molar-refractivity contribution in [3.63, 3.8) is 0 Å². The number of aryl methyl sites for hydroxylation is 1. The molecule has 1 heterocycles. The van der Waals surface area contributed by atoms with Crippen molar-refractivity contribution in [1.29, 1.82) is 0 Å². The van der Waals surface area contributed by atoms with Crippen LogP contribution in [-0.4, -0.2) is 22.2 Å². The molecule has 132 valence electrons. The fourth-order valence-electron chi connectivity index (χ4n) is 3.74. The second-order valence-electron chi connectivity index (χ2n) is 6.87. The summed E-state index contributed by atoms with van der Waals surface area (Å²) in [7, 11) is 0. The average molecular weight is 365 g/mol. The number of thioether (sulfide) groups is 1. The van der Waals surface area contributed by atoms with Crippen molar-refractivity contribution >= 4 is 28.7 Å². The molecule has 2 aliphatic rings. The Morgan fingerprint density at radius 1 is 0.962 bits per heavy atom. The third-order valence-electron chi connectivity index (χ3n) is 5.08. The summed E-state index contributed by atoms with van der Waals surface area (Å²) in [6.45, 7) is 0. The van der Waals surface area contributed by atoms with Crippen LogP contribution in [0.25, 0.3) is 0 Å². The van der Waals surface area contributed by atoms with Crippen molar-refractivity contribution in [2.24, 2.45) is 5.92 Å². The third-order valence-corrected chi connectivity index (χ3v) is 6.06. The fourth-order valence-corrected chi connectivity index (χ4v) is 4.60. The van der Waals surface area contributed by atoms with E-state index in [0.717, 1.165) is 47.7 Å². The molecule has 1 fully saturated rings. The summed E-state index contributed by atoms with van der Waals surface area (Å²) in [4.78, 5) is 35.9. The number of imide groups is 1. The molecule has 1 aliphatic heterocycles. The normalized spacial score (nSPS) is 22.2. The average Bonchev–Trinajstić information content (AvgIpc) is 2.95. The summed E-state index contributed by atoms with van der Waals surface area (Å²) >= 11 is 1.04. The Morgan fingerprint density at radius 3 is 2.50 bits per heavy atom. The minimum atomic E-state index is -0.370. The molecule has 0 saturated carbocycles. The van der Waals surface area contributed by atoms with Crippen molar-refractivity contribution in [3.05, 3.63) is 70.8 Å². The van der Waals surface area contributed by atoms with Crippen LogP contribution in [0.1, 0.15) is 33.5 Å². The first-order valence-corrected chi connectivity index (χ1v) is 9.69. The van der Waals surface area contributed by atoms with Gasteiger partial charge in [-0.1, -0.05) is 60.3 Å². The van der Waals surface area contributed by atoms with Crippen molar-refractivity contribution < 1.29 is 14.4 Å². The lowest BCUT2D eigenvalue weighted by molar-refractivity contribution is -0.118. The van der Waals surface area contributed by atoms with Crippen LogP contribution in [0.4, 0.5) is 4.79 Å². The molecule has 2 unspecified atom stereocenters. The maximum Gasteiger partial charge on any atom is 0.286 e. The van der Waals surface area contributed by atoms with E-state index < -0.39 is 0 Å². The summed E-state index contributed by atoms with van der Waals surface area (Å²) in [6.07, 6.45) is 3.01. The smallest absolute Gasteiger partial charge is 0.286 e. The minimum absolute atomic E-state index is 0.0320. The number of hydrogen-bond donors (Lipinski definition) is 1. The van der Waals surface area contributed by atoms with Crippen LogP contribution < -0.4 is 5.32 Å². The first-order chi connectivity index (χ1) is 12.6. The van der Waals surface area contributed by atoms with E-state index >= 15 is 0 Å². The lowest BCUT2D eigenvalue weighted by Gasteiger charge is -2.24. The molecule has 2 aromatic carbocycles. The fraction of sp³-hybridized carbons (Fsp3) is 0.286. The van der Waals surface area contributed by atoms with Crippen LogP contribution in [0.3, 0.4) is 0 Å². The summed E-state index contributed by atoms with van der Waals surface area (Å²) in [5.41, 5.74) is 4.06. The summed E-state index contributed by atoms with van der Waals surface area (Å²) < 4.78 is 0. The van der Waals surface area contributed by atoms with Gasteiger partial charge in [-0.05, 0) is 42.4 Å². The van der Waals surface area contributed by atoms with Gasteiger partial charge >= 0.3 is 0 Å². The van der Waals surface area contributed by atoms with Crippen molar-refractivity contribution in [3.8, 4) is 0 Å². The van der Waals surface area contributed by atoms with Crippen LogP contribution in [0, 0.1) is 5.92 Å². The van der Waals surface area contributed by atoms with Gasteiger partial charge in [-0.15, -0.1) is 0 Å². The molecule has 4 rings (SSSR count). The minimum Gasteiger partial charge on any atom is -0.294 e. The predicted octanol–water partition coefficient (Wildman–Crippen LogP) is 3.57. The predicted molar refractivity (Wildman–Crippen MR) is 101 cm³/mol. The lowest BCUT2D eigenvalue weighted by atomic mass is 9.79. The Bertz CT molecular complexity index is 878. The number of fused-ring (bicyclic) bond motifs is 1. The summed E-state index contributed by atoms with van der Waals surface area (Å²) in [5.74, 6) is 0.0195. The quantitative estimate of drug-likeness (QED) is 0.900. The second kappa shape index (κ2) is 7.08. The third kappa shape index (κ3) is 3.44. The SMILES string of the molecule is O=C1NC(=O)C(Cc2ccc3c(c2)CCC(Cc2ccccc2)C3=O)S1. The molecular formula is C21H19NO3S. The number of carbonyl (C=O) groups is 3. The first kappa shape index (κ1) is 17.0. The Kier molecular flexibility index (Phi) is 4.64. The largest absolute Gasteiger partial charge is 0.294 e. The molecule has 1 aliphatic carbocycles. The molecule has 4 nitrogen and oxygen atoms in total. The van der Waals surface area contributed by atoms with E-state index in [9.17, 15) is 14.4 Å². The molecule has 0 bridgehead atoms. The molecule has 0 aromatic heterocycles. The van der Waals surface area contributed by atoms with Gasteiger partial charge in [-0.2, -0.15) is 0 Å². The lowest BCUT2D eigenvalue weighted by Crippen LogP contribution is -2.26. The molecular weight excluding hydrogens is 346 g/mol. The van der Waals surface area contributed by atoms with Crippen molar-refractivity contribution in [2.75, 3.05) is 0 Å². The van der Waals surface area contributed by atoms with E-state index in [-0.39, 0.29) is 28.1 Å². The molecule has 0 spiro atoms. The van der Waals surface area contributed by atoms with Gasteiger partial charge in [-0.3, -0.25) is 19.7 Å². The first-order valence-electron chi connectivity index (χ1n) is 8.81. The maximum absolute atomic E-state index is 12.9. The van der Waals surface area contributed by atoms with Crippen molar-refractivity contribution in [2.45, 2.75) is 30.9 Å². The highest BCUT2D eigenvalue weighted by Crippen LogP contribution is 2.30. The number of amides is 2. The highest BCUT2D eigenvalue weighted by atomic mass is 32.2. The number of hydrogen-bond acceptors (Lipinski definition) is 4. The Morgan fingerprint density at radius 2 is 1.77 bits per heavy atom. The van der Waals surface area contributed by atoms with Gasteiger partial charge in [0.1, 0.15) is 0 Å². The standard InChI is InChI=1S/C21H19NO3S/c23-19-16(10-13-4-2-1-3-5-13)8-7-15-11-14(6-9-17(15)19)12-18-20(24)22-21(25)26-18/h1-6,9,11,16,18H,7-8,10,12H2,(H,22,24,25). The molecule has 2 amide bonds. The number of ketones is 1. The zero-order valence-corrected chi connectivity index (χ0v) is 15.1. The number of benzene rings is 2. The van der Waals surface area contributed by atoms with Crippen LogP contribution in [-0.2, 0) is 24.1 Å². The number of nitrogens with one attached hydrogen (secondary N) is 1. The zero-order chi connectivity index (χ0) is 18.1. The van der Waals surface area contributed by atoms with Crippen LogP contribution >= 0.6 is 11.8 Å². The van der Waals surface area contributed by atoms with Gasteiger partial charge in [0.05, 0.1) is 5.25 Å². The molecule has 5 heteroatoms. The van der Waals surface area contributed by atoms with Gasteiger partial charge in [0.25, 0.3) is 5.24 Å². The van der Waals surface area contributed by atoms with Crippen molar-refractivity contribution in [1.82, 2.24) is 5.32 Å².